The molecule has 0 atom stereocenters. The number of hydrogen-bond acceptors (Lipinski definition) is 7. The average Bonchev–Trinajstić information content (AvgIpc) is 3.28. The maximum Gasteiger partial charge on any atom is 0.235 e. The molecule has 0 spiro atoms. The molecule has 0 bridgehead atoms. The number of hydrogen-bond donors (Lipinski definition) is 0. The van der Waals surface area contributed by atoms with Crippen LogP contribution in [-0.2, 0) is 0 Å². The minimum Gasteiger partial charge on any atom is -0.497 e. The molecule has 0 saturated carbocycles. The number of rotatable bonds is 5. The third-order valence-corrected chi connectivity index (χ3v) is 4.89. The van der Waals surface area contributed by atoms with Crippen LogP contribution in [0.5, 0.6) is 17.2 Å². The van der Waals surface area contributed by atoms with Gasteiger partial charge < -0.3 is 14.2 Å². The third kappa shape index (κ3) is 2.84. The van der Waals surface area contributed by atoms with E-state index in [0.29, 0.717) is 22.3 Å². The van der Waals surface area contributed by atoms with Gasteiger partial charge in [0.1, 0.15) is 22.3 Å². The second-order valence-electron chi connectivity index (χ2n) is 5.46. The van der Waals surface area contributed by atoms with Crippen molar-refractivity contribution in [2.45, 2.75) is 0 Å². The first-order valence-corrected chi connectivity index (χ1v) is 8.63. The first kappa shape index (κ1) is 16.3. The van der Waals surface area contributed by atoms with Gasteiger partial charge in [-0.2, -0.15) is 9.61 Å². The Morgan fingerprint density at radius 3 is 2.04 bits per heavy atom. The minimum absolute atomic E-state index is 0.681. The highest BCUT2D eigenvalue weighted by Gasteiger charge is 2.15. The predicted octanol–water partition coefficient (Wildman–Crippen LogP) is 3.55. The van der Waals surface area contributed by atoms with E-state index in [1.165, 1.54) is 11.3 Å². The molecule has 7 nitrogen and oxygen atoms in total. The van der Waals surface area contributed by atoms with E-state index in [-0.39, 0.29) is 0 Å². The summed E-state index contributed by atoms with van der Waals surface area (Å²) in [5.74, 6) is 2.89. The van der Waals surface area contributed by atoms with E-state index in [1.54, 1.807) is 25.8 Å². The number of nitrogens with zero attached hydrogens (tertiary/aromatic N) is 4. The quantitative estimate of drug-likeness (QED) is 0.537. The maximum absolute atomic E-state index is 5.34. The van der Waals surface area contributed by atoms with E-state index >= 15 is 0 Å². The average molecular weight is 368 g/mol. The van der Waals surface area contributed by atoms with Crippen molar-refractivity contribution in [2.75, 3.05) is 21.3 Å². The summed E-state index contributed by atoms with van der Waals surface area (Å²) in [6, 6.07) is 13.3. The zero-order valence-corrected chi connectivity index (χ0v) is 15.3. The molecule has 2 heterocycles. The van der Waals surface area contributed by atoms with Crippen LogP contribution in [0.4, 0.5) is 0 Å². The Kier molecular flexibility index (Phi) is 4.18. The number of fused-ring (bicyclic) bond motifs is 1. The lowest BCUT2D eigenvalue weighted by atomic mass is 10.2. The molecule has 0 aliphatic carbocycles. The van der Waals surface area contributed by atoms with Crippen molar-refractivity contribution < 1.29 is 14.2 Å². The molecule has 0 N–H and O–H groups in total. The van der Waals surface area contributed by atoms with Crippen molar-refractivity contribution in [2.24, 2.45) is 0 Å². The standard InChI is InChI=1S/C18H16N4O3S/c1-23-13-6-4-11(5-7-13)16-19-20-18-22(16)21-17(26-18)12-8-14(24-2)10-15(9-12)25-3/h4-10H,1-3H3. The molecule has 132 valence electrons. The number of aromatic nitrogens is 4. The molecule has 2 aromatic carbocycles. The molecule has 0 aliphatic rings. The van der Waals surface area contributed by atoms with E-state index in [4.69, 9.17) is 14.2 Å². The zero-order chi connectivity index (χ0) is 18.1. The monoisotopic (exact) mass is 368 g/mol. The minimum atomic E-state index is 0.681. The lowest BCUT2D eigenvalue weighted by molar-refractivity contribution is 0.394. The van der Waals surface area contributed by atoms with Crippen LogP contribution in [-0.4, -0.2) is 41.1 Å². The van der Waals surface area contributed by atoms with E-state index < -0.39 is 0 Å². The summed E-state index contributed by atoms with van der Waals surface area (Å²) in [5.41, 5.74) is 1.82. The van der Waals surface area contributed by atoms with Crippen molar-refractivity contribution in [3.05, 3.63) is 42.5 Å². The van der Waals surface area contributed by atoms with Gasteiger partial charge in [-0.15, -0.1) is 10.2 Å². The van der Waals surface area contributed by atoms with Crippen LogP contribution >= 0.6 is 11.3 Å². The first-order valence-electron chi connectivity index (χ1n) is 7.82. The fraction of sp³-hybridized carbons (Fsp3) is 0.167. The van der Waals surface area contributed by atoms with Crippen molar-refractivity contribution >= 4 is 16.3 Å². The fourth-order valence-corrected chi connectivity index (χ4v) is 3.41. The van der Waals surface area contributed by atoms with Gasteiger partial charge in [-0.05, 0) is 36.4 Å². The second kappa shape index (κ2) is 6.64. The van der Waals surface area contributed by atoms with E-state index in [2.05, 4.69) is 15.3 Å². The Labute approximate surface area is 153 Å². The molecule has 0 amide bonds. The Morgan fingerprint density at radius 1 is 0.769 bits per heavy atom. The van der Waals surface area contributed by atoms with Gasteiger partial charge in [0.2, 0.25) is 4.96 Å². The summed E-state index contributed by atoms with van der Waals surface area (Å²) in [7, 11) is 4.89. The van der Waals surface area contributed by atoms with Crippen LogP contribution in [0.2, 0.25) is 0 Å². The molecule has 8 heteroatoms. The van der Waals surface area contributed by atoms with Gasteiger partial charge in [-0.3, -0.25) is 0 Å². The molecule has 4 aromatic rings. The van der Waals surface area contributed by atoms with Crippen molar-refractivity contribution in [3.63, 3.8) is 0 Å². The summed E-state index contributed by atoms with van der Waals surface area (Å²) in [5, 5.41) is 14.0. The van der Waals surface area contributed by atoms with Crippen LogP contribution in [0.3, 0.4) is 0 Å². The lowest BCUT2D eigenvalue weighted by Crippen LogP contribution is -1.92. The SMILES string of the molecule is COc1ccc(-c2nnc3sc(-c4cc(OC)cc(OC)c4)nn23)cc1. The Hall–Kier alpha value is -3.13. The molecule has 0 fully saturated rings. The highest BCUT2D eigenvalue weighted by atomic mass is 32.1. The van der Waals surface area contributed by atoms with Gasteiger partial charge >= 0.3 is 0 Å². The summed E-state index contributed by atoms with van der Waals surface area (Å²) in [6.07, 6.45) is 0. The molecule has 0 unspecified atom stereocenters. The van der Waals surface area contributed by atoms with Crippen molar-refractivity contribution in [1.82, 2.24) is 19.8 Å². The van der Waals surface area contributed by atoms with Crippen molar-refractivity contribution in [3.8, 4) is 39.2 Å². The highest BCUT2D eigenvalue weighted by molar-refractivity contribution is 7.19. The number of ether oxygens (including phenoxy) is 3. The first-order chi connectivity index (χ1) is 12.7. The molecule has 26 heavy (non-hydrogen) atoms. The van der Waals surface area contributed by atoms with Gasteiger partial charge in [0.15, 0.2) is 5.82 Å². The summed E-state index contributed by atoms with van der Waals surface area (Å²) in [6.45, 7) is 0. The van der Waals surface area contributed by atoms with Crippen LogP contribution < -0.4 is 14.2 Å². The van der Waals surface area contributed by atoms with Gasteiger partial charge in [-0.1, -0.05) is 11.3 Å². The summed E-state index contributed by atoms with van der Waals surface area (Å²) in [4.78, 5) is 0.715. The van der Waals surface area contributed by atoms with Crippen LogP contribution in [0.25, 0.3) is 26.9 Å². The lowest BCUT2D eigenvalue weighted by Gasteiger charge is -2.06. The molecular weight excluding hydrogens is 352 g/mol. The van der Waals surface area contributed by atoms with Gasteiger partial charge in [0, 0.05) is 17.2 Å². The predicted molar refractivity (Wildman–Crippen MR) is 99.2 cm³/mol. The zero-order valence-electron chi connectivity index (χ0n) is 14.5. The molecule has 4 rings (SSSR count). The molecule has 2 aromatic heterocycles. The largest absolute Gasteiger partial charge is 0.497 e. The second-order valence-corrected chi connectivity index (χ2v) is 6.41. The van der Waals surface area contributed by atoms with E-state index in [9.17, 15) is 0 Å². The van der Waals surface area contributed by atoms with E-state index in [0.717, 1.165) is 21.9 Å². The normalized spacial score (nSPS) is 10.9. The smallest absolute Gasteiger partial charge is 0.235 e. The van der Waals surface area contributed by atoms with Gasteiger partial charge in [-0.25, -0.2) is 0 Å². The summed E-state index contributed by atoms with van der Waals surface area (Å²) >= 11 is 1.45. The molecule has 0 saturated heterocycles. The van der Waals surface area contributed by atoms with Crippen molar-refractivity contribution in [1.29, 1.82) is 0 Å². The number of methoxy groups -OCH3 is 3. The third-order valence-electron chi connectivity index (χ3n) is 3.94. The topological polar surface area (TPSA) is 70.8 Å². The molecular formula is C18H16N4O3S. The number of benzene rings is 2. The highest BCUT2D eigenvalue weighted by Crippen LogP contribution is 2.33. The molecule has 0 radical (unpaired) electrons. The Morgan fingerprint density at radius 2 is 1.42 bits per heavy atom. The van der Waals surface area contributed by atoms with Gasteiger partial charge in [0.25, 0.3) is 0 Å². The maximum atomic E-state index is 5.34. The fourth-order valence-electron chi connectivity index (χ4n) is 2.58. The van der Waals surface area contributed by atoms with Crippen LogP contribution in [0, 0.1) is 0 Å². The summed E-state index contributed by atoms with van der Waals surface area (Å²) < 4.78 is 17.6. The Bertz CT molecular complexity index is 1030. The van der Waals surface area contributed by atoms with Crippen LogP contribution in [0.15, 0.2) is 42.5 Å². The van der Waals surface area contributed by atoms with Crippen LogP contribution in [0.1, 0.15) is 0 Å². The Balaban J connectivity index is 1.78. The molecule has 0 aliphatic heterocycles. The van der Waals surface area contributed by atoms with E-state index in [1.807, 2.05) is 42.5 Å². The van der Waals surface area contributed by atoms with Gasteiger partial charge in [0.05, 0.1) is 21.3 Å².